The maximum atomic E-state index is 10.6. The molecule has 3 aromatic rings. The summed E-state index contributed by atoms with van der Waals surface area (Å²) in [6.45, 7) is 0. The monoisotopic (exact) mass is 282 g/mol. The normalized spacial score (nSPS) is 23.0. The molecule has 2 heterocycles. The Labute approximate surface area is 120 Å². The van der Waals surface area contributed by atoms with Crippen molar-refractivity contribution in [3.63, 3.8) is 0 Å². The Morgan fingerprint density at radius 2 is 1.67 bits per heavy atom. The third-order valence-corrected chi connectivity index (χ3v) is 4.95. The molecule has 0 radical (unpaired) electrons. The second kappa shape index (κ2) is 3.58. The molecule has 2 bridgehead atoms. The molecule has 1 fully saturated rings. The molecule has 6 heteroatoms. The van der Waals surface area contributed by atoms with Crippen molar-refractivity contribution in [2.75, 3.05) is 0 Å². The van der Waals surface area contributed by atoms with E-state index >= 15 is 0 Å². The molecule has 2 aliphatic carbocycles. The average Bonchev–Trinajstić information content (AvgIpc) is 3.23. The van der Waals surface area contributed by atoms with Gasteiger partial charge in [0.1, 0.15) is 11.0 Å². The Balaban J connectivity index is 1.82. The minimum atomic E-state index is 0.102. The molecular formula is C15H14N4O2. The summed E-state index contributed by atoms with van der Waals surface area (Å²) in [5.41, 5.74) is 3.30. The van der Waals surface area contributed by atoms with Gasteiger partial charge >= 0.3 is 0 Å². The number of aromatic hydroxyl groups is 2. The van der Waals surface area contributed by atoms with Gasteiger partial charge in [-0.05, 0) is 48.4 Å². The van der Waals surface area contributed by atoms with E-state index in [1.807, 2.05) is 24.3 Å². The van der Waals surface area contributed by atoms with Crippen LogP contribution in [0.1, 0.15) is 42.2 Å². The SMILES string of the molecule is Oc1c2c(c(O)n1-n1nnc3ccccc31)C1CCC2C1. The van der Waals surface area contributed by atoms with Crippen molar-refractivity contribution in [1.29, 1.82) is 0 Å². The summed E-state index contributed by atoms with van der Waals surface area (Å²) in [4.78, 5) is 1.47. The van der Waals surface area contributed by atoms with Crippen LogP contribution in [-0.4, -0.2) is 30.0 Å². The molecule has 5 rings (SSSR count). The highest BCUT2D eigenvalue weighted by atomic mass is 16.3. The van der Waals surface area contributed by atoms with E-state index < -0.39 is 0 Å². The summed E-state index contributed by atoms with van der Waals surface area (Å²) in [6, 6.07) is 7.50. The number of para-hydroxylation sites is 1. The lowest BCUT2D eigenvalue weighted by Gasteiger charge is -2.09. The van der Waals surface area contributed by atoms with Crippen LogP contribution in [0.15, 0.2) is 24.3 Å². The molecule has 1 aromatic carbocycles. The Morgan fingerprint density at radius 1 is 1.00 bits per heavy atom. The van der Waals surface area contributed by atoms with Gasteiger partial charge in [-0.1, -0.05) is 12.1 Å². The zero-order valence-corrected chi connectivity index (χ0v) is 11.3. The van der Waals surface area contributed by atoms with Crippen LogP contribution < -0.4 is 0 Å². The van der Waals surface area contributed by atoms with Crippen molar-refractivity contribution in [3.8, 4) is 11.8 Å². The molecular weight excluding hydrogens is 268 g/mol. The van der Waals surface area contributed by atoms with Crippen LogP contribution in [0.5, 0.6) is 11.8 Å². The van der Waals surface area contributed by atoms with Gasteiger partial charge in [0.25, 0.3) is 0 Å². The van der Waals surface area contributed by atoms with Crippen molar-refractivity contribution in [3.05, 3.63) is 35.4 Å². The van der Waals surface area contributed by atoms with Crippen LogP contribution in [0.4, 0.5) is 0 Å². The van der Waals surface area contributed by atoms with Gasteiger partial charge in [0.15, 0.2) is 0 Å². The number of nitrogens with zero attached hydrogens (tertiary/aromatic N) is 4. The average molecular weight is 282 g/mol. The largest absolute Gasteiger partial charge is 0.493 e. The third-order valence-electron chi connectivity index (χ3n) is 4.95. The van der Waals surface area contributed by atoms with E-state index in [1.165, 1.54) is 9.47 Å². The Kier molecular flexibility index (Phi) is 1.91. The molecule has 2 atom stereocenters. The first kappa shape index (κ1) is 11.2. The molecule has 1 saturated carbocycles. The van der Waals surface area contributed by atoms with Gasteiger partial charge in [0.05, 0.1) is 0 Å². The number of fused-ring (bicyclic) bond motifs is 6. The highest BCUT2D eigenvalue weighted by Gasteiger charge is 2.44. The Bertz CT molecular complexity index is 846. The molecule has 2 N–H and O–H groups in total. The van der Waals surface area contributed by atoms with E-state index in [0.29, 0.717) is 11.8 Å². The summed E-state index contributed by atoms with van der Waals surface area (Å²) < 4.78 is 1.38. The van der Waals surface area contributed by atoms with Gasteiger partial charge in [-0.25, -0.2) is 0 Å². The fraction of sp³-hybridized carbons (Fsp3) is 0.333. The quantitative estimate of drug-likeness (QED) is 0.718. The first-order valence-electron chi connectivity index (χ1n) is 7.23. The number of hydrogen-bond donors (Lipinski definition) is 2. The van der Waals surface area contributed by atoms with Crippen LogP contribution in [0.25, 0.3) is 11.0 Å². The molecule has 0 aliphatic heterocycles. The fourth-order valence-corrected chi connectivity index (χ4v) is 4.06. The third kappa shape index (κ3) is 1.23. The van der Waals surface area contributed by atoms with Crippen LogP contribution in [-0.2, 0) is 0 Å². The summed E-state index contributed by atoms with van der Waals surface area (Å²) >= 11 is 0. The molecule has 6 nitrogen and oxygen atoms in total. The highest BCUT2D eigenvalue weighted by Crippen LogP contribution is 2.59. The van der Waals surface area contributed by atoms with Gasteiger partial charge in [-0.2, -0.15) is 4.68 Å². The lowest BCUT2D eigenvalue weighted by atomic mass is 9.95. The van der Waals surface area contributed by atoms with E-state index in [1.54, 1.807) is 0 Å². The smallest absolute Gasteiger partial charge is 0.219 e. The van der Waals surface area contributed by atoms with Gasteiger partial charge in [0.2, 0.25) is 11.8 Å². The minimum Gasteiger partial charge on any atom is -0.493 e. The van der Waals surface area contributed by atoms with E-state index in [9.17, 15) is 10.2 Å². The first-order chi connectivity index (χ1) is 10.3. The van der Waals surface area contributed by atoms with Crippen molar-refractivity contribution in [2.45, 2.75) is 31.1 Å². The van der Waals surface area contributed by atoms with Crippen LogP contribution in [0.2, 0.25) is 0 Å². The topological polar surface area (TPSA) is 76.1 Å². The maximum Gasteiger partial charge on any atom is 0.219 e. The summed E-state index contributed by atoms with van der Waals surface area (Å²) in [5, 5.41) is 29.4. The van der Waals surface area contributed by atoms with Gasteiger partial charge < -0.3 is 10.2 Å². The molecule has 2 unspecified atom stereocenters. The van der Waals surface area contributed by atoms with E-state index in [-0.39, 0.29) is 11.8 Å². The van der Waals surface area contributed by atoms with Gasteiger partial charge in [-0.15, -0.1) is 9.89 Å². The van der Waals surface area contributed by atoms with Crippen LogP contribution in [0, 0.1) is 0 Å². The molecule has 2 aliphatic rings. The molecule has 0 saturated heterocycles. The number of rotatable bonds is 1. The van der Waals surface area contributed by atoms with Crippen molar-refractivity contribution in [2.24, 2.45) is 0 Å². The van der Waals surface area contributed by atoms with Crippen molar-refractivity contribution < 1.29 is 10.2 Å². The predicted molar refractivity (Wildman–Crippen MR) is 75.4 cm³/mol. The fourth-order valence-electron chi connectivity index (χ4n) is 4.06. The van der Waals surface area contributed by atoms with Crippen molar-refractivity contribution in [1.82, 2.24) is 19.8 Å². The number of benzene rings is 1. The second-order valence-corrected chi connectivity index (χ2v) is 5.96. The first-order valence-corrected chi connectivity index (χ1v) is 7.23. The summed E-state index contributed by atoms with van der Waals surface area (Å²) in [7, 11) is 0. The van der Waals surface area contributed by atoms with Crippen LogP contribution in [0.3, 0.4) is 0 Å². The molecule has 0 amide bonds. The van der Waals surface area contributed by atoms with Gasteiger partial charge in [-0.3, -0.25) is 0 Å². The maximum absolute atomic E-state index is 10.6. The van der Waals surface area contributed by atoms with Crippen LogP contribution >= 0.6 is 0 Å². The van der Waals surface area contributed by atoms with Gasteiger partial charge in [0, 0.05) is 11.1 Å². The Hall–Kier alpha value is -2.50. The zero-order valence-electron chi connectivity index (χ0n) is 11.3. The molecule has 2 aromatic heterocycles. The standard InChI is InChI=1S/C15H14N4O2/c20-14-12-8-5-6-9(7-8)13(12)15(21)18(14)19-11-4-2-1-3-10(11)16-17-19/h1-4,8-9,20-21H,5-7H2. The summed E-state index contributed by atoms with van der Waals surface area (Å²) in [5.74, 6) is 0.939. The molecule has 0 spiro atoms. The summed E-state index contributed by atoms with van der Waals surface area (Å²) in [6.07, 6.45) is 3.23. The Morgan fingerprint density at radius 3 is 2.38 bits per heavy atom. The second-order valence-electron chi connectivity index (χ2n) is 5.96. The predicted octanol–water partition coefficient (Wildman–Crippen LogP) is 2.32. The number of aromatic nitrogens is 4. The van der Waals surface area contributed by atoms with E-state index in [0.717, 1.165) is 41.4 Å². The molecule has 21 heavy (non-hydrogen) atoms. The zero-order chi connectivity index (χ0) is 14.1. The lowest BCUT2D eigenvalue weighted by Crippen LogP contribution is -2.10. The molecule has 106 valence electrons. The van der Waals surface area contributed by atoms with E-state index in [2.05, 4.69) is 10.3 Å². The minimum absolute atomic E-state index is 0.102. The number of hydrogen-bond acceptors (Lipinski definition) is 4. The lowest BCUT2D eigenvalue weighted by molar-refractivity contribution is 0.336. The highest BCUT2D eigenvalue weighted by molar-refractivity contribution is 5.74. The van der Waals surface area contributed by atoms with E-state index in [4.69, 9.17) is 0 Å². The van der Waals surface area contributed by atoms with Crippen molar-refractivity contribution >= 4 is 11.0 Å².